The smallest absolute Gasteiger partial charge is 0.414 e. The minimum absolute atomic E-state index is 0.0520. The Morgan fingerprint density at radius 3 is 2.82 bits per heavy atom. The van der Waals surface area contributed by atoms with Gasteiger partial charge >= 0.3 is 6.09 Å². The van der Waals surface area contributed by atoms with Crippen LogP contribution in [0, 0.1) is 0 Å². The molecule has 1 unspecified atom stereocenters. The molecule has 1 aliphatic rings. The predicted molar refractivity (Wildman–Crippen MR) is 128 cm³/mol. The van der Waals surface area contributed by atoms with Gasteiger partial charge in [0.1, 0.15) is 6.10 Å². The molecule has 1 aromatic heterocycles. The standard InChI is InChI=1S/C21H26ClN5O5S/c1-12(23)19(29)26-15-9-13(24-7-2-8-28)3-4-16(15)27-11-14(32-21(27)31)10-25-20(30)17-5-6-18(22)33-17/h3-6,9,12,14,24,28H,2,7-8,10-11,23H2,1H3,(H,25,30)(H,26,29)/t12-,14?/m0/s1. The lowest BCUT2D eigenvalue weighted by Crippen LogP contribution is -2.35. The lowest BCUT2D eigenvalue weighted by atomic mass is 10.2. The van der Waals surface area contributed by atoms with Crippen LogP contribution in [0.2, 0.25) is 4.34 Å². The number of aliphatic hydroxyl groups excluding tert-OH is 1. The Balaban J connectivity index is 1.71. The Morgan fingerprint density at radius 1 is 1.36 bits per heavy atom. The molecular weight excluding hydrogens is 470 g/mol. The van der Waals surface area contributed by atoms with E-state index in [1.807, 2.05) is 0 Å². The molecule has 2 aromatic rings. The SMILES string of the molecule is C[C@H](N)C(=O)Nc1cc(NCCCO)ccc1N1CC(CNC(=O)c2ccc(Cl)s2)OC1=O. The quantitative estimate of drug-likeness (QED) is 0.318. The van der Waals surface area contributed by atoms with Crippen molar-refractivity contribution in [3.05, 3.63) is 39.5 Å². The number of ether oxygens (including phenoxy) is 1. The molecule has 1 fully saturated rings. The molecule has 0 aliphatic carbocycles. The fraction of sp³-hybridized carbons (Fsp3) is 0.381. The van der Waals surface area contributed by atoms with Crippen LogP contribution in [0.5, 0.6) is 0 Å². The number of cyclic esters (lactones) is 1. The van der Waals surface area contributed by atoms with Crippen molar-refractivity contribution >= 4 is 57.9 Å². The van der Waals surface area contributed by atoms with Crippen LogP contribution in [-0.2, 0) is 9.53 Å². The number of anilines is 3. The van der Waals surface area contributed by atoms with Gasteiger partial charge in [0, 0.05) is 18.8 Å². The molecular formula is C21H26ClN5O5S. The molecule has 0 bridgehead atoms. The molecule has 3 rings (SSSR count). The van der Waals surface area contributed by atoms with Crippen molar-refractivity contribution in [2.75, 3.05) is 41.8 Å². The average Bonchev–Trinajstić information content (AvgIpc) is 3.38. The number of benzene rings is 1. The predicted octanol–water partition coefficient (Wildman–Crippen LogP) is 2.24. The topological polar surface area (TPSA) is 146 Å². The second-order valence-corrected chi connectivity index (χ2v) is 9.16. The van der Waals surface area contributed by atoms with E-state index in [4.69, 9.17) is 27.2 Å². The van der Waals surface area contributed by atoms with Crippen LogP contribution in [0.1, 0.15) is 23.0 Å². The molecule has 0 spiro atoms. The first-order chi connectivity index (χ1) is 15.8. The largest absolute Gasteiger partial charge is 0.442 e. The molecule has 1 saturated heterocycles. The van der Waals surface area contributed by atoms with E-state index in [9.17, 15) is 14.4 Å². The summed E-state index contributed by atoms with van der Waals surface area (Å²) in [7, 11) is 0. The maximum Gasteiger partial charge on any atom is 0.414 e. The Hall–Kier alpha value is -2.86. The van der Waals surface area contributed by atoms with Crippen molar-refractivity contribution in [1.29, 1.82) is 0 Å². The Morgan fingerprint density at radius 2 is 2.15 bits per heavy atom. The van der Waals surface area contributed by atoms with Gasteiger partial charge in [-0.25, -0.2) is 4.79 Å². The summed E-state index contributed by atoms with van der Waals surface area (Å²) < 4.78 is 5.91. The van der Waals surface area contributed by atoms with Gasteiger partial charge in [-0.3, -0.25) is 14.5 Å². The van der Waals surface area contributed by atoms with Gasteiger partial charge in [-0.2, -0.15) is 0 Å². The lowest BCUT2D eigenvalue weighted by molar-refractivity contribution is -0.117. The Kier molecular flexibility index (Phi) is 8.50. The number of thiophene rings is 1. The number of nitrogens with zero attached hydrogens (tertiary/aromatic N) is 1. The number of amides is 3. The summed E-state index contributed by atoms with van der Waals surface area (Å²) in [6.45, 7) is 2.46. The molecule has 1 aromatic carbocycles. The zero-order chi connectivity index (χ0) is 24.0. The highest BCUT2D eigenvalue weighted by molar-refractivity contribution is 7.18. The van der Waals surface area contributed by atoms with Crippen LogP contribution in [0.25, 0.3) is 0 Å². The minimum atomic E-state index is -0.747. The summed E-state index contributed by atoms with van der Waals surface area (Å²) in [6.07, 6.45) is -0.603. The Labute approximate surface area is 200 Å². The van der Waals surface area contributed by atoms with Gasteiger partial charge in [-0.15, -0.1) is 11.3 Å². The summed E-state index contributed by atoms with van der Waals surface area (Å²) in [5.74, 6) is -0.709. The van der Waals surface area contributed by atoms with Crippen LogP contribution in [0.4, 0.5) is 21.9 Å². The molecule has 0 radical (unpaired) electrons. The zero-order valence-electron chi connectivity index (χ0n) is 18.0. The monoisotopic (exact) mass is 495 g/mol. The number of carbonyl (C=O) groups is 3. The first kappa shape index (κ1) is 24.8. The summed E-state index contributed by atoms with van der Waals surface area (Å²) in [5, 5.41) is 17.6. The number of nitrogens with one attached hydrogen (secondary N) is 3. The molecule has 3 amide bonds. The third-order valence-corrected chi connectivity index (χ3v) is 6.01. The molecule has 10 nitrogen and oxygen atoms in total. The number of nitrogens with two attached hydrogens (primary N) is 1. The summed E-state index contributed by atoms with van der Waals surface area (Å²) in [4.78, 5) is 38.9. The van der Waals surface area contributed by atoms with Gasteiger partial charge in [0.25, 0.3) is 5.91 Å². The molecule has 178 valence electrons. The second kappa shape index (κ2) is 11.3. The zero-order valence-corrected chi connectivity index (χ0v) is 19.5. The van der Waals surface area contributed by atoms with Crippen molar-refractivity contribution in [2.45, 2.75) is 25.5 Å². The molecule has 1 aliphatic heterocycles. The van der Waals surface area contributed by atoms with Crippen LogP contribution >= 0.6 is 22.9 Å². The number of hydrogen-bond acceptors (Lipinski definition) is 8. The van der Waals surface area contributed by atoms with Gasteiger partial charge in [-0.05, 0) is 43.7 Å². The van der Waals surface area contributed by atoms with Gasteiger partial charge in [0.05, 0.1) is 39.7 Å². The van der Waals surface area contributed by atoms with Gasteiger partial charge < -0.3 is 31.5 Å². The number of aliphatic hydroxyl groups is 1. The fourth-order valence-corrected chi connectivity index (χ4v) is 4.05. The summed E-state index contributed by atoms with van der Waals surface area (Å²) in [5.41, 5.74) is 7.22. The minimum Gasteiger partial charge on any atom is -0.442 e. The van der Waals surface area contributed by atoms with Crippen LogP contribution < -0.4 is 26.6 Å². The summed E-state index contributed by atoms with van der Waals surface area (Å²) >= 11 is 7.02. The van der Waals surface area contributed by atoms with E-state index in [1.165, 1.54) is 4.90 Å². The maximum atomic E-state index is 12.6. The van der Waals surface area contributed by atoms with E-state index in [0.29, 0.717) is 39.2 Å². The number of carbonyl (C=O) groups excluding carboxylic acids is 3. The van der Waals surface area contributed by atoms with Gasteiger partial charge in [-0.1, -0.05) is 11.6 Å². The summed E-state index contributed by atoms with van der Waals surface area (Å²) in [6, 6.07) is 7.65. The fourth-order valence-electron chi connectivity index (χ4n) is 3.09. The van der Waals surface area contributed by atoms with E-state index >= 15 is 0 Å². The first-order valence-corrected chi connectivity index (χ1v) is 11.5. The molecule has 2 heterocycles. The average molecular weight is 496 g/mol. The van der Waals surface area contributed by atoms with Crippen molar-refractivity contribution < 1.29 is 24.2 Å². The van der Waals surface area contributed by atoms with Crippen LogP contribution in [0.15, 0.2) is 30.3 Å². The third-order valence-electron chi connectivity index (χ3n) is 4.78. The molecule has 6 N–H and O–H groups in total. The number of hydrogen-bond donors (Lipinski definition) is 5. The van der Waals surface area contributed by atoms with E-state index in [0.717, 1.165) is 11.3 Å². The highest BCUT2D eigenvalue weighted by atomic mass is 35.5. The van der Waals surface area contributed by atoms with Crippen molar-refractivity contribution in [3.8, 4) is 0 Å². The van der Waals surface area contributed by atoms with E-state index in [2.05, 4.69) is 16.0 Å². The Bertz CT molecular complexity index is 1010. The van der Waals surface area contributed by atoms with Crippen molar-refractivity contribution in [1.82, 2.24) is 5.32 Å². The van der Waals surface area contributed by atoms with Crippen molar-refractivity contribution in [3.63, 3.8) is 0 Å². The second-order valence-electron chi connectivity index (χ2n) is 7.44. The maximum absolute atomic E-state index is 12.6. The van der Waals surface area contributed by atoms with E-state index in [-0.39, 0.29) is 25.6 Å². The van der Waals surface area contributed by atoms with Crippen LogP contribution in [-0.4, -0.2) is 61.4 Å². The highest BCUT2D eigenvalue weighted by Gasteiger charge is 2.34. The third kappa shape index (κ3) is 6.57. The first-order valence-electron chi connectivity index (χ1n) is 10.4. The molecule has 12 heteroatoms. The van der Waals surface area contributed by atoms with Gasteiger partial charge in [0.2, 0.25) is 5.91 Å². The normalized spacial score (nSPS) is 16.3. The lowest BCUT2D eigenvalue weighted by Gasteiger charge is -2.20. The van der Waals surface area contributed by atoms with Gasteiger partial charge in [0.15, 0.2) is 0 Å². The number of rotatable bonds is 10. The number of halogens is 1. The molecule has 2 atom stereocenters. The highest BCUT2D eigenvalue weighted by Crippen LogP contribution is 2.32. The molecule has 0 saturated carbocycles. The van der Waals surface area contributed by atoms with E-state index < -0.39 is 24.1 Å². The van der Waals surface area contributed by atoms with Crippen LogP contribution in [0.3, 0.4) is 0 Å². The van der Waals surface area contributed by atoms with E-state index in [1.54, 1.807) is 37.3 Å². The van der Waals surface area contributed by atoms with Crippen molar-refractivity contribution in [2.24, 2.45) is 5.73 Å². The molecule has 33 heavy (non-hydrogen) atoms.